The van der Waals surface area contributed by atoms with Crippen molar-refractivity contribution in [3.8, 4) is 0 Å². The number of guanidine groups is 1. The number of ether oxygens (including phenoxy) is 1. The average molecular weight is 393 g/mol. The van der Waals surface area contributed by atoms with Gasteiger partial charge in [0.1, 0.15) is 0 Å². The van der Waals surface area contributed by atoms with E-state index in [9.17, 15) is 13.2 Å². The Bertz CT molecular complexity index is 478. The molecule has 0 saturated carbocycles. The quantitative estimate of drug-likeness (QED) is 0.508. The first-order chi connectivity index (χ1) is 12.7. The minimum atomic E-state index is -4.12. The third-order valence-corrected chi connectivity index (χ3v) is 5.17. The zero-order chi connectivity index (χ0) is 19.9. The van der Waals surface area contributed by atoms with Crippen LogP contribution in [0.4, 0.5) is 13.2 Å². The number of morpholine rings is 1. The Kier molecular flexibility index (Phi) is 8.18. The third-order valence-electron chi connectivity index (χ3n) is 5.17. The van der Waals surface area contributed by atoms with Gasteiger partial charge in [-0.1, -0.05) is 0 Å². The molecule has 2 aliphatic heterocycles. The van der Waals surface area contributed by atoms with Crippen LogP contribution in [0.15, 0.2) is 4.99 Å². The van der Waals surface area contributed by atoms with Crippen molar-refractivity contribution in [3.63, 3.8) is 0 Å². The number of likely N-dealkylation sites (tertiary alicyclic amines) is 1. The molecule has 2 saturated heterocycles. The predicted octanol–water partition coefficient (Wildman–Crippen LogP) is 1.54. The molecule has 27 heavy (non-hydrogen) atoms. The molecular weight excluding hydrogens is 359 g/mol. The molecule has 9 heteroatoms. The molecule has 0 aliphatic carbocycles. The van der Waals surface area contributed by atoms with Gasteiger partial charge in [-0.3, -0.25) is 14.8 Å². The van der Waals surface area contributed by atoms with Crippen LogP contribution in [0.1, 0.15) is 27.2 Å². The van der Waals surface area contributed by atoms with Gasteiger partial charge in [0.05, 0.1) is 26.3 Å². The molecule has 158 valence electrons. The van der Waals surface area contributed by atoms with E-state index in [2.05, 4.69) is 29.4 Å². The standard InChI is InChI=1S/C18H34F3N5O/c1-4-22-16(24-13-17(2,3)26-7-9-27-10-8-26)23-11-15-5-6-25(12-15)14-18(19,20)21/h15H,4-14H2,1-3H3,(H2,22,23,24). The molecule has 0 radical (unpaired) electrons. The molecule has 2 N–H and O–H groups in total. The lowest BCUT2D eigenvalue weighted by Gasteiger charge is -2.39. The second-order valence-corrected chi connectivity index (χ2v) is 7.99. The summed E-state index contributed by atoms with van der Waals surface area (Å²) >= 11 is 0. The van der Waals surface area contributed by atoms with Gasteiger partial charge in [-0.2, -0.15) is 13.2 Å². The fraction of sp³-hybridized carbons (Fsp3) is 0.944. The zero-order valence-electron chi connectivity index (χ0n) is 16.7. The number of aliphatic imine (C=N–C) groups is 1. The molecule has 1 atom stereocenters. The van der Waals surface area contributed by atoms with Crippen LogP contribution in [-0.4, -0.2) is 93.0 Å². The van der Waals surface area contributed by atoms with Crippen LogP contribution in [-0.2, 0) is 4.74 Å². The van der Waals surface area contributed by atoms with Crippen molar-refractivity contribution < 1.29 is 17.9 Å². The molecule has 0 bridgehead atoms. The summed E-state index contributed by atoms with van der Waals surface area (Å²) in [5, 5.41) is 6.54. The lowest BCUT2D eigenvalue weighted by atomic mass is 10.0. The third kappa shape index (κ3) is 7.83. The van der Waals surface area contributed by atoms with E-state index in [0.29, 0.717) is 26.2 Å². The second-order valence-electron chi connectivity index (χ2n) is 7.99. The van der Waals surface area contributed by atoms with Gasteiger partial charge in [-0.25, -0.2) is 0 Å². The van der Waals surface area contributed by atoms with E-state index < -0.39 is 12.7 Å². The highest BCUT2D eigenvalue weighted by molar-refractivity contribution is 5.79. The lowest BCUT2D eigenvalue weighted by Crippen LogP contribution is -2.52. The predicted molar refractivity (Wildman–Crippen MR) is 101 cm³/mol. The highest BCUT2D eigenvalue weighted by atomic mass is 19.4. The van der Waals surface area contributed by atoms with Crippen molar-refractivity contribution in [1.29, 1.82) is 0 Å². The van der Waals surface area contributed by atoms with Crippen molar-refractivity contribution in [3.05, 3.63) is 0 Å². The van der Waals surface area contributed by atoms with Gasteiger partial charge in [0.25, 0.3) is 0 Å². The maximum atomic E-state index is 12.5. The van der Waals surface area contributed by atoms with Gasteiger partial charge in [-0.05, 0) is 39.7 Å². The lowest BCUT2D eigenvalue weighted by molar-refractivity contribution is -0.143. The van der Waals surface area contributed by atoms with Crippen LogP contribution < -0.4 is 10.6 Å². The van der Waals surface area contributed by atoms with Crippen molar-refractivity contribution in [2.45, 2.75) is 38.9 Å². The van der Waals surface area contributed by atoms with E-state index in [-0.39, 0.29) is 11.5 Å². The largest absolute Gasteiger partial charge is 0.401 e. The average Bonchev–Trinajstić information content (AvgIpc) is 3.03. The van der Waals surface area contributed by atoms with Crippen molar-refractivity contribution in [2.24, 2.45) is 10.9 Å². The molecule has 0 aromatic carbocycles. The Labute approximate surface area is 160 Å². The van der Waals surface area contributed by atoms with E-state index >= 15 is 0 Å². The Morgan fingerprint density at radius 3 is 2.48 bits per heavy atom. The Morgan fingerprint density at radius 1 is 1.15 bits per heavy atom. The number of hydrogen-bond donors (Lipinski definition) is 2. The van der Waals surface area contributed by atoms with Crippen LogP contribution in [0.5, 0.6) is 0 Å². The molecule has 2 heterocycles. The first kappa shape index (κ1) is 22.2. The molecule has 0 amide bonds. The molecular formula is C18H34F3N5O. The van der Waals surface area contributed by atoms with Crippen LogP contribution in [0.2, 0.25) is 0 Å². The number of hydrogen-bond acceptors (Lipinski definition) is 4. The summed E-state index contributed by atoms with van der Waals surface area (Å²) in [7, 11) is 0. The maximum Gasteiger partial charge on any atom is 0.401 e. The van der Waals surface area contributed by atoms with Crippen molar-refractivity contribution >= 4 is 5.96 Å². The van der Waals surface area contributed by atoms with Gasteiger partial charge < -0.3 is 15.4 Å². The molecule has 2 aliphatic rings. The summed E-state index contributed by atoms with van der Waals surface area (Å²) in [6, 6.07) is 0. The van der Waals surface area contributed by atoms with E-state index in [1.165, 1.54) is 4.90 Å². The highest BCUT2D eigenvalue weighted by Gasteiger charge is 2.34. The van der Waals surface area contributed by atoms with Gasteiger partial charge in [0, 0.05) is 38.3 Å². The van der Waals surface area contributed by atoms with E-state index in [1.807, 2.05) is 6.92 Å². The van der Waals surface area contributed by atoms with Crippen LogP contribution in [0.25, 0.3) is 0 Å². The maximum absolute atomic E-state index is 12.5. The van der Waals surface area contributed by atoms with Gasteiger partial charge in [0.15, 0.2) is 5.96 Å². The zero-order valence-corrected chi connectivity index (χ0v) is 16.7. The Morgan fingerprint density at radius 2 is 1.85 bits per heavy atom. The summed E-state index contributed by atoms with van der Waals surface area (Å²) in [6.45, 7) is 11.9. The number of halogens is 3. The number of nitrogens with one attached hydrogen (secondary N) is 2. The fourth-order valence-electron chi connectivity index (χ4n) is 3.60. The molecule has 6 nitrogen and oxygen atoms in total. The number of nitrogens with zero attached hydrogens (tertiary/aromatic N) is 3. The first-order valence-electron chi connectivity index (χ1n) is 9.83. The summed E-state index contributed by atoms with van der Waals surface area (Å²) < 4.78 is 43.0. The topological polar surface area (TPSA) is 52.1 Å². The van der Waals surface area contributed by atoms with E-state index in [0.717, 1.165) is 45.2 Å². The SMILES string of the molecule is CCNC(=NCC(C)(C)N1CCOCC1)NCC1CCN(CC(F)(F)F)C1. The van der Waals surface area contributed by atoms with Crippen LogP contribution in [0, 0.1) is 5.92 Å². The van der Waals surface area contributed by atoms with Gasteiger partial charge in [-0.15, -0.1) is 0 Å². The van der Waals surface area contributed by atoms with E-state index in [1.54, 1.807) is 0 Å². The monoisotopic (exact) mass is 393 g/mol. The normalized spacial score (nSPS) is 23.6. The second kappa shape index (κ2) is 9.93. The smallest absolute Gasteiger partial charge is 0.379 e. The summed E-state index contributed by atoms with van der Waals surface area (Å²) in [5.41, 5.74) is -0.0665. The summed E-state index contributed by atoms with van der Waals surface area (Å²) in [5.74, 6) is 0.941. The Hall–Kier alpha value is -1.06. The summed E-state index contributed by atoms with van der Waals surface area (Å²) in [6.07, 6.45) is -3.34. The summed E-state index contributed by atoms with van der Waals surface area (Å²) in [4.78, 5) is 8.59. The minimum absolute atomic E-state index is 0.0665. The Balaban J connectivity index is 1.81. The molecule has 0 spiro atoms. The fourth-order valence-corrected chi connectivity index (χ4v) is 3.60. The molecule has 0 aromatic rings. The molecule has 2 fully saturated rings. The minimum Gasteiger partial charge on any atom is -0.379 e. The van der Waals surface area contributed by atoms with Crippen LogP contribution >= 0.6 is 0 Å². The van der Waals surface area contributed by atoms with E-state index in [4.69, 9.17) is 9.73 Å². The van der Waals surface area contributed by atoms with Gasteiger partial charge in [0.2, 0.25) is 0 Å². The van der Waals surface area contributed by atoms with Crippen molar-refractivity contribution in [1.82, 2.24) is 20.4 Å². The van der Waals surface area contributed by atoms with Crippen molar-refractivity contribution in [2.75, 3.05) is 65.6 Å². The highest BCUT2D eigenvalue weighted by Crippen LogP contribution is 2.22. The van der Waals surface area contributed by atoms with Gasteiger partial charge >= 0.3 is 6.18 Å². The van der Waals surface area contributed by atoms with Crippen LogP contribution in [0.3, 0.4) is 0 Å². The number of rotatable bonds is 7. The molecule has 0 aromatic heterocycles. The number of alkyl halides is 3. The molecule has 2 rings (SSSR count). The molecule has 1 unspecified atom stereocenters. The first-order valence-corrected chi connectivity index (χ1v) is 9.83.